The highest BCUT2D eigenvalue weighted by atomic mass is 19.4. The molecule has 1 aliphatic carbocycles. The monoisotopic (exact) mass is 396 g/mol. The van der Waals surface area contributed by atoms with E-state index in [0.717, 1.165) is 11.1 Å². The van der Waals surface area contributed by atoms with Gasteiger partial charge in [0.05, 0.1) is 0 Å². The first-order valence-corrected chi connectivity index (χ1v) is 9.11. The Labute approximate surface area is 157 Å². The number of nitrogens with zero attached hydrogens (tertiary/aromatic N) is 4. The lowest BCUT2D eigenvalue weighted by Crippen LogP contribution is -2.44. The van der Waals surface area contributed by atoms with Crippen LogP contribution in [0.5, 0.6) is 0 Å². The van der Waals surface area contributed by atoms with Gasteiger partial charge in [-0.2, -0.15) is 13.2 Å². The Morgan fingerprint density at radius 3 is 2.29 bits per heavy atom. The van der Waals surface area contributed by atoms with E-state index in [-0.39, 0.29) is 24.5 Å². The van der Waals surface area contributed by atoms with Crippen molar-refractivity contribution in [3.05, 3.63) is 53.1 Å². The number of benzene rings is 1. The Kier molecular flexibility index (Phi) is 3.72. The molecule has 4 nitrogen and oxygen atoms in total. The van der Waals surface area contributed by atoms with Gasteiger partial charge in [0.15, 0.2) is 5.82 Å². The van der Waals surface area contributed by atoms with Crippen molar-refractivity contribution in [3.63, 3.8) is 0 Å². The summed E-state index contributed by atoms with van der Waals surface area (Å²) in [6.07, 6.45) is -1.86. The fourth-order valence-electron chi connectivity index (χ4n) is 4.24. The maximum atomic E-state index is 14.0. The molecule has 0 N–H and O–H groups in total. The van der Waals surface area contributed by atoms with Crippen molar-refractivity contribution in [2.24, 2.45) is 5.92 Å². The highest BCUT2D eigenvalue weighted by Gasteiger charge is 2.57. The van der Waals surface area contributed by atoms with E-state index in [0.29, 0.717) is 13.1 Å². The summed E-state index contributed by atoms with van der Waals surface area (Å²) in [5.41, 5.74) is 2.03. The maximum Gasteiger partial charge on any atom is 0.400 e. The van der Waals surface area contributed by atoms with Crippen LogP contribution in [0.25, 0.3) is 6.20 Å². The van der Waals surface area contributed by atoms with Gasteiger partial charge in [0.1, 0.15) is 11.7 Å². The van der Waals surface area contributed by atoms with Crippen molar-refractivity contribution in [1.29, 1.82) is 0 Å². The normalized spacial score (nSPS) is 28.2. The second kappa shape index (κ2) is 5.85. The molecule has 3 atom stereocenters. The van der Waals surface area contributed by atoms with Gasteiger partial charge >= 0.3 is 6.18 Å². The Morgan fingerprint density at radius 1 is 1.07 bits per heavy atom. The smallest absolute Gasteiger partial charge is 0.290 e. The van der Waals surface area contributed by atoms with E-state index in [2.05, 4.69) is 10.2 Å². The molecule has 1 aromatic heterocycles. The Balaban J connectivity index is 1.46. The summed E-state index contributed by atoms with van der Waals surface area (Å²) >= 11 is 0. The molecule has 0 amide bonds. The zero-order valence-corrected chi connectivity index (χ0v) is 14.7. The zero-order valence-electron chi connectivity index (χ0n) is 14.7. The fraction of sp³-hybridized carbons (Fsp3) is 0.474. The van der Waals surface area contributed by atoms with Gasteiger partial charge in [-0.15, -0.1) is 10.2 Å². The maximum absolute atomic E-state index is 14.0. The number of rotatable bonds is 3. The molecule has 0 bridgehead atoms. The van der Waals surface area contributed by atoms with E-state index in [4.69, 9.17) is 0 Å². The number of fused-ring (bicyclic) bond motifs is 2. The molecule has 1 aromatic carbocycles. The van der Waals surface area contributed by atoms with Crippen LogP contribution in [-0.2, 0) is 19.5 Å². The third-order valence-electron chi connectivity index (χ3n) is 5.87. The van der Waals surface area contributed by atoms with Gasteiger partial charge < -0.3 is 0 Å². The topological polar surface area (TPSA) is 34.0 Å². The average Bonchev–Trinajstić information content (AvgIpc) is 3.01. The molecule has 1 saturated carbocycles. The first kappa shape index (κ1) is 17.8. The van der Waals surface area contributed by atoms with E-state index in [1.54, 1.807) is 4.90 Å². The lowest BCUT2D eigenvalue weighted by Gasteiger charge is -2.35. The predicted octanol–water partition coefficient (Wildman–Crippen LogP) is 3.99. The van der Waals surface area contributed by atoms with Crippen molar-refractivity contribution >= 4 is 6.20 Å². The number of aromatic nitrogens is 3. The van der Waals surface area contributed by atoms with Crippen LogP contribution in [0.15, 0.2) is 30.3 Å². The molecular weight excluding hydrogens is 379 g/mol. The van der Waals surface area contributed by atoms with E-state index in [1.807, 2.05) is 24.3 Å². The molecular formula is C19H17F5N4. The molecule has 2 aliphatic heterocycles. The van der Waals surface area contributed by atoms with Gasteiger partial charge in [-0.3, -0.25) is 9.47 Å². The predicted molar refractivity (Wildman–Crippen MR) is 90.4 cm³/mol. The summed E-state index contributed by atoms with van der Waals surface area (Å²) in [5.74, 6) is -5.55. The summed E-state index contributed by atoms with van der Waals surface area (Å²) in [6, 6.07) is 6.66. The summed E-state index contributed by atoms with van der Waals surface area (Å²) in [7, 11) is 0. The summed E-state index contributed by atoms with van der Waals surface area (Å²) in [6.45, 7) is 0.847. The zero-order chi connectivity index (χ0) is 19.7. The van der Waals surface area contributed by atoms with Crippen molar-refractivity contribution in [2.45, 2.75) is 50.0 Å². The molecule has 3 aliphatic rings. The van der Waals surface area contributed by atoms with Crippen LogP contribution in [0.3, 0.4) is 0 Å². The van der Waals surface area contributed by atoms with Gasteiger partial charge in [-0.1, -0.05) is 24.3 Å². The van der Waals surface area contributed by atoms with Crippen molar-refractivity contribution < 1.29 is 22.0 Å². The molecule has 9 heteroatoms. The lowest BCUT2D eigenvalue weighted by atomic mass is 9.94. The Hall–Kier alpha value is -2.29. The van der Waals surface area contributed by atoms with Crippen LogP contribution in [0.1, 0.15) is 35.1 Å². The average molecular weight is 396 g/mol. The summed E-state index contributed by atoms with van der Waals surface area (Å²) in [5, 5.41) is 7.59. The molecule has 0 radical (unpaired) electrons. The summed E-state index contributed by atoms with van der Waals surface area (Å²) in [4.78, 5) is 1.77. The molecule has 0 spiro atoms. The Bertz CT molecular complexity index is 923. The van der Waals surface area contributed by atoms with Crippen molar-refractivity contribution in [2.75, 3.05) is 0 Å². The van der Waals surface area contributed by atoms with E-state index in [9.17, 15) is 22.0 Å². The van der Waals surface area contributed by atoms with Gasteiger partial charge in [0, 0.05) is 44.1 Å². The van der Waals surface area contributed by atoms with Gasteiger partial charge in [-0.05, 0) is 17.2 Å². The molecule has 1 fully saturated rings. The van der Waals surface area contributed by atoms with E-state index in [1.165, 1.54) is 16.8 Å². The fourth-order valence-corrected chi connectivity index (χ4v) is 4.24. The van der Waals surface area contributed by atoms with Gasteiger partial charge in [0.2, 0.25) is 0 Å². The molecule has 2 aromatic rings. The highest BCUT2D eigenvalue weighted by molar-refractivity contribution is 5.39. The van der Waals surface area contributed by atoms with Crippen LogP contribution in [0.2, 0.25) is 0 Å². The minimum absolute atomic E-state index is 0.0747. The largest absolute Gasteiger partial charge is 0.400 e. The molecule has 3 unspecified atom stereocenters. The van der Waals surface area contributed by atoms with E-state index < -0.39 is 30.0 Å². The number of halogens is 5. The second-order valence-corrected chi connectivity index (χ2v) is 7.74. The highest BCUT2D eigenvalue weighted by Crippen LogP contribution is 2.50. The summed E-state index contributed by atoms with van der Waals surface area (Å²) < 4.78 is 69.7. The first-order chi connectivity index (χ1) is 13.2. The van der Waals surface area contributed by atoms with Crippen molar-refractivity contribution in [3.8, 4) is 0 Å². The second-order valence-electron chi connectivity index (χ2n) is 7.74. The lowest BCUT2D eigenvalue weighted by molar-refractivity contribution is -0.164. The van der Waals surface area contributed by atoms with Crippen molar-refractivity contribution in [1.82, 2.24) is 19.7 Å². The molecule has 3 heterocycles. The van der Waals surface area contributed by atoms with Gasteiger partial charge in [0.25, 0.3) is 5.92 Å². The third-order valence-corrected chi connectivity index (χ3v) is 5.87. The van der Waals surface area contributed by atoms with Crippen LogP contribution in [0.4, 0.5) is 22.0 Å². The van der Waals surface area contributed by atoms with Crippen LogP contribution in [-0.4, -0.2) is 37.8 Å². The van der Waals surface area contributed by atoms with Crippen LogP contribution in [0, 0.1) is 5.92 Å². The van der Waals surface area contributed by atoms with E-state index >= 15 is 0 Å². The first-order valence-electron chi connectivity index (χ1n) is 9.11. The molecule has 0 saturated heterocycles. The minimum Gasteiger partial charge on any atom is -0.290 e. The van der Waals surface area contributed by atoms with Crippen LogP contribution < -0.4 is 0 Å². The minimum atomic E-state index is -4.53. The van der Waals surface area contributed by atoms with Gasteiger partial charge in [-0.25, -0.2) is 8.78 Å². The molecule has 5 rings (SSSR count). The van der Waals surface area contributed by atoms with Crippen LogP contribution >= 0.6 is 0 Å². The SMILES string of the molecule is FC(F)(F)C1c2nnc(CC3CC3(F)F)n2C=CC1N1Cc2ccccc2C1. The third kappa shape index (κ3) is 2.83. The number of hydrogen-bond donors (Lipinski definition) is 0. The number of alkyl halides is 5. The molecule has 148 valence electrons. The number of hydrogen-bond acceptors (Lipinski definition) is 3. The standard InChI is InChI=1S/C19H17F5N4/c20-18(21)8-13(18)7-15-25-26-17-16(19(22,23)24)14(5-6-28(15)17)27-9-11-3-1-2-4-12(11)10-27/h1-6,13-14,16H,7-10H2. The Morgan fingerprint density at radius 2 is 1.71 bits per heavy atom. The quantitative estimate of drug-likeness (QED) is 0.736. The molecule has 28 heavy (non-hydrogen) atoms.